The quantitative estimate of drug-likeness (QED) is 0.630. The van der Waals surface area contributed by atoms with E-state index in [-0.39, 0.29) is 12.0 Å². The van der Waals surface area contributed by atoms with Crippen LogP contribution >= 0.6 is 11.6 Å². The Labute approximate surface area is 157 Å². The molecule has 0 radical (unpaired) electrons. The lowest BCUT2D eigenvalue weighted by molar-refractivity contribution is 0.0746. The zero-order chi connectivity index (χ0) is 18.5. The van der Waals surface area contributed by atoms with Crippen molar-refractivity contribution in [2.45, 2.75) is 26.4 Å². The number of aromatic nitrogens is 1. The molecule has 0 saturated carbocycles. The number of nitrogens with one attached hydrogen (secondary N) is 1. The number of amides is 1. The first-order valence-corrected chi connectivity index (χ1v) is 8.93. The van der Waals surface area contributed by atoms with E-state index in [9.17, 15) is 4.79 Å². The minimum Gasteiger partial charge on any atom is -0.440 e. The fraction of sp³-hybridized carbons (Fsp3) is 0.300. The van der Waals surface area contributed by atoms with Crippen LogP contribution in [0.15, 0.2) is 46.9 Å². The molecule has 0 spiro atoms. The lowest BCUT2D eigenvalue weighted by Gasteiger charge is -2.08. The number of carbonyl (C=O) groups excluding carboxylic acids is 1. The predicted octanol–water partition coefficient (Wildman–Crippen LogP) is 4.23. The van der Waals surface area contributed by atoms with Gasteiger partial charge in [0.1, 0.15) is 5.52 Å². The van der Waals surface area contributed by atoms with Crippen molar-refractivity contribution in [3.8, 4) is 0 Å². The van der Waals surface area contributed by atoms with Gasteiger partial charge in [-0.25, -0.2) is 4.98 Å². The highest BCUT2D eigenvalue weighted by Crippen LogP contribution is 2.20. The third-order valence-electron chi connectivity index (χ3n) is 3.78. The lowest BCUT2D eigenvalue weighted by Crippen LogP contribution is -2.28. The summed E-state index contributed by atoms with van der Waals surface area (Å²) < 4.78 is 11.2. The van der Waals surface area contributed by atoms with E-state index in [4.69, 9.17) is 20.8 Å². The van der Waals surface area contributed by atoms with Crippen LogP contribution in [0, 0.1) is 0 Å². The van der Waals surface area contributed by atoms with E-state index in [0.717, 1.165) is 11.1 Å². The van der Waals surface area contributed by atoms with Gasteiger partial charge in [0.25, 0.3) is 5.91 Å². The van der Waals surface area contributed by atoms with Crippen molar-refractivity contribution in [2.75, 3.05) is 13.2 Å². The van der Waals surface area contributed by atoms with Gasteiger partial charge in [-0.1, -0.05) is 23.7 Å². The molecule has 136 valence electrons. The Hall–Kier alpha value is -2.37. The van der Waals surface area contributed by atoms with Gasteiger partial charge in [0.05, 0.1) is 12.7 Å². The molecule has 1 N–H and O–H groups in total. The van der Waals surface area contributed by atoms with Gasteiger partial charge in [-0.3, -0.25) is 4.79 Å². The Morgan fingerprint density at radius 1 is 1.27 bits per heavy atom. The molecule has 5 nitrogen and oxygen atoms in total. The largest absolute Gasteiger partial charge is 0.440 e. The Balaban J connectivity index is 1.68. The van der Waals surface area contributed by atoms with E-state index in [0.29, 0.717) is 41.6 Å². The van der Waals surface area contributed by atoms with Crippen LogP contribution in [0.3, 0.4) is 0 Å². The second-order valence-electron chi connectivity index (χ2n) is 6.27. The number of oxazole rings is 1. The normalized spacial score (nSPS) is 11.2. The zero-order valence-electron chi connectivity index (χ0n) is 14.8. The van der Waals surface area contributed by atoms with Crippen LogP contribution < -0.4 is 5.32 Å². The topological polar surface area (TPSA) is 64.4 Å². The molecule has 0 aliphatic rings. The van der Waals surface area contributed by atoms with Crippen molar-refractivity contribution in [1.82, 2.24) is 10.3 Å². The molecular weight excluding hydrogens is 352 g/mol. The highest BCUT2D eigenvalue weighted by Gasteiger charge is 2.11. The van der Waals surface area contributed by atoms with E-state index in [2.05, 4.69) is 10.3 Å². The van der Waals surface area contributed by atoms with Crippen LogP contribution in [0.25, 0.3) is 11.1 Å². The number of halogens is 1. The third-order valence-corrected chi connectivity index (χ3v) is 4.01. The molecule has 1 aromatic heterocycles. The van der Waals surface area contributed by atoms with Crippen LogP contribution in [0.5, 0.6) is 0 Å². The summed E-state index contributed by atoms with van der Waals surface area (Å²) >= 11 is 6.01. The summed E-state index contributed by atoms with van der Waals surface area (Å²) in [6.07, 6.45) is 0.693. The first-order valence-electron chi connectivity index (χ1n) is 8.55. The monoisotopic (exact) mass is 372 g/mol. The van der Waals surface area contributed by atoms with Crippen molar-refractivity contribution in [3.63, 3.8) is 0 Å². The Bertz CT molecular complexity index is 905. The van der Waals surface area contributed by atoms with E-state index < -0.39 is 0 Å². The summed E-state index contributed by atoms with van der Waals surface area (Å²) in [5.74, 6) is 0.428. The molecule has 0 unspecified atom stereocenters. The summed E-state index contributed by atoms with van der Waals surface area (Å²) in [6.45, 7) is 4.87. The van der Waals surface area contributed by atoms with Gasteiger partial charge in [-0.2, -0.15) is 0 Å². The smallest absolute Gasteiger partial charge is 0.251 e. The van der Waals surface area contributed by atoms with Crippen molar-refractivity contribution >= 4 is 28.6 Å². The number of benzene rings is 2. The minimum absolute atomic E-state index is 0.148. The van der Waals surface area contributed by atoms with Gasteiger partial charge in [-0.15, -0.1) is 0 Å². The molecule has 26 heavy (non-hydrogen) atoms. The predicted molar refractivity (Wildman–Crippen MR) is 102 cm³/mol. The third kappa shape index (κ3) is 4.84. The molecule has 0 saturated heterocycles. The molecule has 1 heterocycles. The van der Waals surface area contributed by atoms with Gasteiger partial charge >= 0.3 is 0 Å². The maximum Gasteiger partial charge on any atom is 0.251 e. The van der Waals surface area contributed by atoms with Crippen LogP contribution in [0.1, 0.15) is 35.7 Å². The van der Waals surface area contributed by atoms with Crippen molar-refractivity contribution < 1.29 is 13.9 Å². The summed E-state index contributed by atoms with van der Waals surface area (Å²) in [5, 5.41) is 3.51. The van der Waals surface area contributed by atoms with E-state index >= 15 is 0 Å². The maximum atomic E-state index is 12.2. The van der Waals surface area contributed by atoms with Gasteiger partial charge in [0, 0.05) is 23.6 Å². The zero-order valence-corrected chi connectivity index (χ0v) is 15.5. The molecule has 6 heteroatoms. The fourth-order valence-corrected chi connectivity index (χ4v) is 2.78. The summed E-state index contributed by atoms with van der Waals surface area (Å²) in [5.41, 5.74) is 2.87. The second kappa shape index (κ2) is 8.34. The first kappa shape index (κ1) is 18.4. The SMILES string of the molecule is CC(C)OCCNC(=O)c1ccc2nc(Cc3cccc(Cl)c3)oc2c1. The van der Waals surface area contributed by atoms with Crippen LogP contribution in [0.2, 0.25) is 5.02 Å². The van der Waals surface area contributed by atoms with Crippen molar-refractivity contribution in [2.24, 2.45) is 0 Å². The second-order valence-corrected chi connectivity index (χ2v) is 6.71. The lowest BCUT2D eigenvalue weighted by atomic mass is 10.1. The number of rotatable bonds is 7. The number of fused-ring (bicyclic) bond motifs is 1. The Morgan fingerprint density at radius 2 is 2.12 bits per heavy atom. The standard InChI is InChI=1S/C20H21ClN2O3/c1-13(2)25-9-8-22-20(24)15-6-7-17-18(12-15)26-19(23-17)11-14-4-3-5-16(21)10-14/h3-7,10,12-13H,8-9,11H2,1-2H3,(H,22,24). The number of nitrogens with zero attached hydrogens (tertiary/aromatic N) is 1. The highest BCUT2D eigenvalue weighted by atomic mass is 35.5. The molecule has 0 aliphatic heterocycles. The molecule has 0 fully saturated rings. The molecule has 0 bridgehead atoms. The van der Waals surface area contributed by atoms with Gasteiger partial charge < -0.3 is 14.5 Å². The van der Waals surface area contributed by atoms with Crippen molar-refractivity contribution in [3.05, 3.63) is 64.5 Å². The first-order chi connectivity index (χ1) is 12.5. The summed E-state index contributed by atoms with van der Waals surface area (Å²) in [4.78, 5) is 16.7. The average molecular weight is 373 g/mol. The highest BCUT2D eigenvalue weighted by molar-refractivity contribution is 6.30. The molecular formula is C20H21ClN2O3. The maximum absolute atomic E-state index is 12.2. The molecule has 1 amide bonds. The summed E-state index contributed by atoms with van der Waals surface area (Å²) in [7, 11) is 0. The van der Waals surface area contributed by atoms with Crippen molar-refractivity contribution in [1.29, 1.82) is 0 Å². The average Bonchev–Trinajstić information content (AvgIpc) is 2.99. The van der Waals surface area contributed by atoms with Gasteiger partial charge in [-0.05, 0) is 49.7 Å². The molecule has 0 atom stereocenters. The van der Waals surface area contributed by atoms with Crippen LogP contribution in [0.4, 0.5) is 0 Å². The van der Waals surface area contributed by atoms with Crippen LogP contribution in [-0.4, -0.2) is 30.1 Å². The summed E-state index contributed by atoms with van der Waals surface area (Å²) in [6, 6.07) is 12.8. The number of carbonyl (C=O) groups is 1. The minimum atomic E-state index is -0.160. The Kier molecular flexibility index (Phi) is 5.91. The number of hydrogen-bond donors (Lipinski definition) is 1. The number of hydrogen-bond acceptors (Lipinski definition) is 4. The fourth-order valence-electron chi connectivity index (χ4n) is 2.57. The molecule has 2 aromatic carbocycles. The van der Waals surface area contributed by atoms with E-state index in [1.807, 2.05) is 38.1 Å². The van der Waals surface area contributed by atoms with Crippen LogP contribution in [-0.2, 0) is 11.2 Å². The molecule has 0 aliphatic carbocycles. The van der Waals surface area contributed by atoms with E-state index in [1.165, 1.54) is 0 Å². The molecule has 3 rings (SSSR count). The number of ether oxygens (including phenoxy) is 1. The Morgan fingerprint density at radius 3 is 2.88 bits per heavy atom. The molecule has 3 aromatic rings. The van der Waals surface area contributed by atoms with Gasteiger partial charge in [0.2, 0.25) is 0 Å². The van der Waals surface area contributed by atoms with E-state index in [1.54, 1.807) is 18.2 Å². The van der Waals surface area contributed by atoms with Gasteiger partial charge in [0.15, 0.2) is 11.5 Å².